The Morgan fingerprint density at radius 2 is 1.87 bits per heavy atom. The van der Waals surface area contributed by atoms with Crippen molar-refractivity contribution in [3.05, 3.63) is 54.1 Å². The van der Waals surface area contributed by atoms with Crippen LogP contribution in [0.4, 0.5) is 4.39 Å². The lowest BCUT2D eigenvalue weighted by Crippen LogP contribution is -1.89. The predicted octanol–water partition coefficient (Wildman–Crippen LogP) is 2.76. The summed E-state index contributed by atoms with van der Waals surface area (Å²) in [6, 6.07) is 9.80. The lowest BCUT2D eigenvalue weighted by atomic mass is 10.0. The molecule has 0 aliphatic heterocycles. The Hall–Kier alpha value is -2.21. The fourth-order valence-electron chi connectivity index (χ4n) is 1.43. The third-order valence-electron chi connectivity index (χ3n) is 2.10. The molecular formula is C12H7FN2. The Kier molecular flexibility index (Phi) is 2.42. The molecular weight excluding hydrogens is 191 g/mol. The molecule has 0 bridgehead atoms. The highest BCUT2D eigenvalue weighted by atomic mass is 19.1. The van der Waals surface area contributed by atoms with Crippen molar-refractivity contribution in [2.45, 2.75) is 0 Å². The standard InChI is InChI=1S/C12H7FN2/c13-11-3-1-2-10(8-14)12(11)9-4-6-15-7-5-9/h1-7H. The fraction of sp³-hybridized carbons (Fsp3) is 0. The first-order chi connectivity index (χ1) is 7.33. The Morgan fingerprint density at radius 3 is 2.53 bits per heavy atom. The van der Waals surface area contributed by atoms with Crippen LogP contribution in [0, 0.1) is 17.1 Å². The van der Waals surface area contributed by atoms with Crippen molar-refractivity contribution in [1.29, 1.82) is 5.26 Å². The smallest absolute Gasteiger partial charge is 0.132 e. The van der Waals surface area contributed by atoms with Crippen LogP contribution in [0.5, 0.6) is 0 Å². The van der Waals surface area contributed by atoms with Crippen molar-refractivity contribution < 1.29 is 4.39 Å². The molecule has 0 radical (unpaired) electrons. The van der Waals surface area contributed by atoms with E-state index in [0.29, 0.717) is 16.7 Å². The minimum absolute atomic E-state index is 0.334. The molecule has 2 rings (SSSR count). The second kappa shape index (κ2) is 3.89. The maximum atomic E-state index is 13.6. The first kappa shape index (κ1) is 9.35. The van der Waals surface area contributed by atoms with E-state index in [-0.39, 0.29) is 5.82 Å². The predicted molar refractivity (Wildman–Crippen MR) is 54.3 cm³/mol. The molecule has 0 atom stereocenters. The number of hydrogen-bond acceptors (Lipinski definition) is 2. The van der Waals surface area contributed by atoms with Gasteiger partial charge in [-0.05, 0) is 29.8 Å². The van der Waals surface area contributed by atoms with E-state index in [2.05, 4.69) is 4.98 Å². The number of rotatable bonds is 1. The molecule has 0 fully saturated rings. The molecule has 0 saturated carbocycles. The largest absolute Gasteiger partial charge is 0.265 e. The van der Waals surface area contributed by atoms with Crippen LogP contribution in [-0.4, -0.2) is 4.98 Å². The molecule has 1 aromatic heterocycles. The number of benzene rings is 1. The lowest BCUT2D eigenvalue weighted by molar-refractivity contribution is 0.631. The second-order valence-corrected chi connectivity index (χ2v) is 3.01. The van der Waals surface area contributed by atoms with Crippen molar-refractivity contribution in [2.24, 2.45) is 0 Å². The third kappa shape index (κ3) is 1.70. The number of aromatic nitrogens is 1. The molecule has 0 aliphatic rings. The van der Waals surface area contributed by atoms with Crippen LogP contribution in [0.25, 0.3) is 11.1 Å². The molecule has 3 heteroatoms. The average Bonchev–Trinajstić information content (AvgIpc) is 2.29. The number of pyridine rings is 1. The Morgan fingerprint density at radius 1 is 1.13 bits per heavy atom. The van der Waals surface area contributed by atoms with E-state index in [1.54, 1.807) is 30.6 Å². The van der Waals surface area contributed by atoms with Crippen molar-refractivity contribution >= 4 is 0 Å². The van der Waals surface area contributed by atoms with Crippen molar-refractivity contribution in [1.82, 2.24) is 4.98 Å². The van der Waals surface area contributed by atoms with Gasteiger partial charge in [0.25, 0.3) is 0 Å². The van der Waals surface area contributed by atoms with Crippen molar-refractivity contribution in [2.75, 3.05) is 0 Å². The van der Waals surface area contributed by atoms with Gasteiger partial charge >= 0.3 is 0 Å². The van der Waals surface area contributed by atoms with E-state index >= 15 is 0 Å². The van der Waals surface area contributed by atoms with E-state index in [9.17, 15) is 4.39 Å². The van der Waals surface area contributed by atoms with Gasteiger partial charge in [0.15, 0.2) is 0 Å². The van der Waals surface area contributed by atoms with Gasteiger partial charge in [0.1, 0.15) is 5.82 Å². The molecule has 72 valence electrons. The zero-order valence-corrected chi connectivity index (χ0v) is 7.81. The van der Waals surface area contributed by atoms with E-state index in [1.165, 1.54) is 12.1 Å². The van der Waals surface area contributed by atoms with Crippen LogP contribution < -0.4 is 0 Å². The van der Waals surface area contributed by atoms with Gasteiger partial charge in [-0.15, -0.1) is 0 Å². The minimum atomic E-state index is -0.389. The first-order valence-electron chi connectivity index (χ1n) is 4.42. The highest BCUT2D eigenvalue weighted by Crippen LogP contribution is 2.25. The minimum Gasteiger partial charge on any atom is -0.265 e. The summed E-state index contributed by atoms with van der Waals surface area (Å²) < 4.78 is 13.6. The molecule has 0 N–H and O–H groups in total. The summed E-state index contributed by atoms with van der Waals surface area (Å²) >= 11 is 0. The monoisotopic (exact) mass is 198 g/mol. The van der Waals surface area contributed by atoms with Gasteiger partial charge in [0.05, 0.1) is 11.6 Å². The van der Waals surface area contributed by atoms with Crippen LogP contribution >= 0.6 is 0 Å². The number of nitriles is 1. The van der Waals surface area contributed by atoms with Crippen LogP contribution in [0.2, 0.25) is 0 Å². The van der Waals surface area contributed by atoms with Gasteiger partial charge in [-0.2, -0.15) is 5.26 Å². The zero-order valence-electron chi connectivity index (χ0n) is 7.81. The van der Waals surface area contributed by atoms with Gasteiger partial charge in [-0.25, -0.2) is 4.39 Å². The summed E-state index contributed by atoms with van der Waals surface area (Å²) in [5, 5.41) is 8.87. The number of nitrogens with zero attached hydrogens (tertiary/aromatic N) is 2. The maximum absolute atomic E-state index is 13.6. The summed E-state index contributed by atoms with van der Waals surface area (Å²) in [6.07, 6.45) is 3.14. The third-order valence-corrected chi connectivity index (χ3v) is 2.10. The van der Waals surface area contributed by atoms with Gasteiger partial charge in [-0.1, -0.05) is 6.07 Å². The van der Waals surface area contributed by atoms with Crippen LogP contribution in [0.15, 0.2) is 42.7 Å². The Labute approximate surface area is 86.6 Å². The molecule has 0 unspecified atom stereocenters. The van der Waals surface area contributed by atoms with Gasteiger partial charge < -0.3 is 0 Å². The van der Waals surface area contributed by atoms with Gasteiger partial charge in [0.2, 0.25) is 0 Å². The summed E-state index contributed by atoms with van der Waals surface area (Å²) in [4.78, 5) is 3.85. The van der Waals surface area contributed by atoms with Crippen LogP contribution in [0.3, 0.4) is 0 Å². The molecule has 15 heavy (non-hydrogen) atoms. The number of hydrogen-bond donors (Lipinski definition) is 0. The van der Waals surface area contributed by atoms with Crippen LogP contribution in [-0.2, 0) is 0 Å². The van der Waals surface area contributed by atoms with E-state index in [1.807, 2.05) is 6.07 Å². The van der Waals surface area contributed by atoms with Crippen molar-refractivity contribution in [3.8, 4) is 17.2 Å². The summed E-state index contributed by atoms with van der Waals surface area (Å²) in [7, 11) is 0. The van der Waals surface area contributed by atoms with E-state index in [0.717, 1.165) is 0 Å². The van der Waals surface area contributed by atoms with Gasteiger partial charge in [0, 0.05) is 18.0 Å². The van der Waals surface area contributed by atoms with E-state index in [4.69, 9.17) is 5.26 Å². The summed E-state index contributed by atoms with van der Waals surface area (Å²) in [5.74, 6) is -0.389. The van der Waals surface area contributed by atoms with Gasteiger partial charge in [-0.3, -0.25) is 4.98 Å². The fourth-order valence-corrected chi connectivity index (χ4v) is 1.43. The summed E-state index contributed by atoms with van der Waals surface area (Å²) in [5.41, 5.74) is 1.34. The molecule has 0 saturated heterocycles. The average molecular weight is 198 g/mol. The Balaban J connectivity index is 2.68. The quantitative estimate of drug-likeness (QED) is 0.706. The number of halogens is 1. The van der Waals surface area contributed by atoms with E-state index < -0.39 is 0 Å². The first-order valence-corrected chi connectivity index (χ1v) is 4.42. The maximum Gasteiger partial charge on any atom is 0.132 e. The van der Waals surface area contributed by atoms with Crippen LogP contribution in [0.1, 0.15) is 5.56 Å². The molecule has 1 heterocycles. The van der Waals surface area contributed by atoms with Crippen molar-refractivity contribution in [3.63, 3.8) is 0 Å². The zero-order chi connectivity index (χ0) is 10.7. The molecule has 1 aromatic carbocycles. The topological polar surface area (TPSA) is 36.7 Å². The lowest BCUT2D eigenvalue weighted by Gasteiger charge is -2.04. The molecule has 0 spiro atoms. The normalized spacial score (nSPS) is 9.60. The molecule has 2 aromatic rings. The SMILES string of the molecule is N#Cc1cccc(F)c1-c1ccncc1. The second-order valence-electron chi connectivity index (χ2n) is 3.01. The molecule has 0 amide bonds. The Bertz CT molecular complexity index is 515. The molecule has 0 aliphatic carbocycles. The highest BCUT2D eigenvalue weighted by molar-refractivity contribution is 5.70. The summed E-state index contributed by atoms with van der Waals surface area (Å²) in [6.45, 7) is 0. The molecule has 2 nitrogen and oxygen atoms in total. The highest BCUT2D eigenvalue weighted by Gasteiger charge is 2.09.